The van der Waals surface area contributed by atoms with E-state index in [2.05, 4.69) is 11.9 Å². The third-order valence-electron chi connectivity index (χ3n) is 4.91. The van der Waals surface area contributed by atoms with Crippen LogP contribution in [0.4, 0.5) is 0 Å². The number of aliphatic hydroxyl groups excluding tert-OH is 2. The molecule has 2 N–H and O–H groups in total. The summed E-state index contributed by atoms with van der Waals surface area (Å²) in [5, 5.41) is 19.5. The van der Waals surface area contributed by atoms with Gasteiger partial charge in [0.25, 0.3) is 0 Å². The lowest BCUT2D eigenvalue weighted by Crippen LogP contribution is -2.36. The predicted octanol–water partition coefficient (Wildman–Crippen LogP) is 1.51. The summed E-state index contributed by atoms with van der Waals surface area (Å²) >= 11 is 0. The van der Waals surface area contributed by atoms with Gasteiger partial charge in [0, 0.05) is 26.4 Å². The highest BCUT2D eigenvalue weighted by molar-refractivity contribution is 4.66. The minimum absolute atomic E-state index is 0.437. The largest absolute Gasteiger partial charge is 0.388 e. The number of nitrogens with zero attached hydrogens (tertiary/aromatic N) is 1. The lowest BCUT2D eigenvalue weighted by molar-refractivity contribution is -0.214. The molecule has 4 unspecified atom stereocenters. The Morgan fingerprint density at radius 2 is 1.27 bits per heavy atom. The van der Waals surface area contributed by atoms with E-state index in [9.17, 15) is 10.2 Å². The average Bonchev–Trinajstić information content (AvgIpc) is 2.64. The summed E-state index contributed by atoms with van der Waals surface area (Å²) in [7, 11) is 2.13. The van der Waals surface area contributed by atoms with Crippen molar-refractivity contribution in [3.8, 4) is 0 Å². The summed E-state index contributed by atoms with van der Waals surface area (Å²) in [6.45, 7) is 4.69. The van der Waals surface area contributed by atoms with Gasteiger partial charge in [-0.15, -0.1) is 0 Å². The molecule has 2 aliphatic rings. The van der Waals surface area contributed by atoms with Crippen molar-refractivity contribution in [1.29, 1.82) is 0 Å². The molecule has 2 heterocycles. The molecule has 0 aromatic carbocycles. The SMILES string of the molecule is CN(CCCCOC1OCCCC1O)CCCCOC1OCCCC1O. The van der Waals surface area contributed by atoms with Crippen LogP contribution in [0, 0.1) is 0 Å². The van der Waals surface area contributed by atoms with Gasteiger partial charge in [-0.3, -0.25) is 0 Å². The second-order valence-electron chi connectivity index (χ2n) is 7.36. The van der Waals surface area contributed by atoms with Crippen LogP contribution >= 0.6 is 0 Å². The molecule has 0 radical (unpaired) electrons. The third kappa shape index (κ3) is 8.61. The van der Waals surface area contributed by atoms with Crippen molar-refractivity contribution in [2.75, 3.05) is 46.6 Å². The van der Waals surface area contributed by atoms with Crippen LogP contribution in [0.3, 0.4) is 0 Å². The minimum Gasteiger partial charge on any atom is -0.388 e. The van der Waals surface area contributed by atoms with Gasteiger partial charge in [-0.2, -0.15) is 0 Å². The monoisotopic (exact) mass is 375 g/mol. The molecule has 7 heteroatoms. The van der Waals surface area contributed by atoms with Gasteiger partial charge in [0.2, 0.25) is 0 Å². The van der Waals surface area contributed by atoms with Crippen molar-refractivity contribution >= 4 is 0 Å². The normalized spacial score (nSPS) is 30.0. The third-order valence-corrected chi connectivity index (χ3v) is 4.91. The zero-order valence-electron chi connectivity index (χ0n) is 16.2. The fourth-order valence-corrected chi connectivity index (χ4v) is 3.27. The first kappa shape index (κ1) is 22.0. The van der Waals surface area contributed by atoms with Crippen LogP contribution in [-0.2, 0) is 18.9 Å². The Balaban J connectivity index is 1.38. The van der Waals surface area contributed by atoms with Gasteiger partial charge < -0.3 is 34.1 Å². The van der Waals surface area contributed by atoms with Crippen molar-refractivity contribution in [3.05, 3.63) is 0 Å². The first-order valence-corrected chi connectivity index (χ1v) is 10.2. The van der Waals surface area contributed by atoms with Crippen molar-refractivity contribution in [2.45, 2.75) is 76.2 Å². The number of aliphatic hydroxyl groups is 2. The second kappa shape index (κ2) is 13.0. The quantitative estimate of drug-likeness (QED) is 0.501. The van der Waals surface area contributed by atoms with E-state index in [-0.39, 0.29) is 0 Å². The molecule has 0 bridgehead atoms. The van der Waals surface area contributed by atoms with Gasteiger partial charge in [0.05, 0.1) is 0 Å². The van der Waals surface area contributed by atoms with Gasteiger partial charge in [-0.05, 0) is 71.5 Å². The van der Waals surface area contributed by atoms with Gasteiger partial charge in [-0.1, -0.05) is 0 Å². The molecule has 0 amide bonds. The van der Waals surface area contributed by atoms with Gasteiger partial charge in [0.15, 0.2) is 12.6 Å². The van der Waals surface area contributed by atoms with Crippen molar-refractivity contribution in [2.24, 2.45) is 0 Å². The number of ether oxygens (including phenoxy) is 4. The number of hydrogen-bond acceptors (Lipinski definition) is 7. The zero-order chi connectivity index (χ0) is 18.6. The highest BCUT2D eigenvalue weighted by Gasteiger charge is 2.24. The molecule has 2 fully saturated rings. The van der Waals surface area contributed by atoms with E-state index < -0.39 is 24.8 Å². The Hall–Kier alpha value is -0.280. The van der Waals surface area contributed by atoms with E-state index in [1.807, 2.05) is 0 Å². The molecule has 4 atom stereocenters. The molecule has 0 spiro atoms. The van der Waals surface area contributed by atoms with Crippen LogP contribution in [-0.4, -0.2) is 86.5 Å². The standard InChI is InChI=1S/C19H37NO6/c1-20(10-2-4-12-23-18-16(21)8-6-14-25-18)11-3-5-13-24-19-17(22)9-7-15-26-19/h16-19,21-22H,2-15H2,1H3. The molecule has 7 nitrogen and oxygen atoms in total. The molecular formula is C19H37NO6. The van der Waals surface area contributed by atoms with Gasteiger partial charge in [0.1, 0.15) is 12.2 Å². The highest BCUT2D eigenvalue weighted by atomic mass is 16.7. The topological polar surface area (TPSA) is 80.6 Å². The van der Waals surface area contributed by atoms with Crippen molar-refractivity contribution in [1.82, 2.24) is 4.90 Å². The number of rotatable bonds is 12. The van der Waals surface area contributed by atoms with E-state index in [0.29, 0.717) is 26.4 Å². The number of hydrogen-bond donors (Lipinski definition) is 2. The molecule has 0 aromatic heterocycles. The average molecular weight is 376 g/mol. The smallest absolute Gasteiger partial charge is 0.183 e. The van der Waals surface area contributed by atoms with Gasteiger partial charge in [-0.25, -0.2) is 0 Å². The molecule has 154 valence electrons. The summed E-state index contributed by atoms with van der Waals surface area (Å²) in [6.07, 6.45) is 5.59. The summed E-state index contributed by atoms with van der Waals surface area (Å²) in [5.74, 6) is 0. The fourth-order valence-electron chi connectivity index (χ4n) is 3.27. The minimum atomic E-state index is -0.478. The Morgan fingerprint density at radius 3 is 1.69 bits per heavy atom. The zero-order valence-corrected chi connectivity index (χ0v) is 16.2. The molecule has 0 aromatic rings. The molecule has 0 aliphatic carbocycles. The van der Waals surface area contributed by atoms with E-state index >= 15 is 0 Å². The molecule has 2 aliphatic heterocycles. The Kier molecular flexibility index (Phi) is 11.0. The van der Waals surface area contributed by atoms with Crippen molar-refractivity contribution in [3.63, 3.8) is 0 Å². The number of unbranched alkanes of at least 4 members (excludes halogenated alkanes) is 2. The maximum absolute atomic E-state index is 9.76. The first-order chi connectivity index (χ1) is 12.7. The molecule has 0 saturated carbocycles. The molecule has 26 heavy (non-hydrogen) atoms. The Labute approximate surface area is 157 Å². The van der Waals surface area contributed by atoms with E-state index in [1.165, 1.54) is 0 Å². The highest BCUT2D eigenvalue weighted by Crippen LogP contribution is 2.16. The molecule has 2 rings (SSSR count). The lowest BCUT2D eigenvalue weighted by Gasteiger charge is -2.28. The van der Waals surface area contributed by atoms with E-state index in [1.54, 1.807) is 0 Å². The van der Waals surface area contributed by atoms with Crippen LogP contribution in [0.1, 0.15) is 51.4 Å². The van der Waals surface area contributed by atoms with E-state index in [0.717, 1.165) is 64.5 Å². The summed E-state index contributed by atoms with van der Waals surface area (Å²) < 4.78 is 22.1. The van der Waals surface area contributed by atoms with Crippen LogP contribution in [0.5, 0.6) is 0 Å². The first-order valence-electron chi connectivity index (χ1n) is 10.2. The van der Waals surface area contributed by atoms with Crippen LogP contribution in [0.15, 0.2) is 0 Å². The molecular weight excluding hydrogens is 338 g/mol. The maximum Gasteiger partial charge on any atom is 0.183 e. The van der Waals surface area contributed by atoms with Crippen LogP contribution in [0.25, 0.3) is 0 Å². The molecule has 2 saturated heterocycles. The van der Waals surface area contributed by atoms with Gasteiger partial charge >= 0.3 is 0 Å². The maximum atomic E-state index is 9.76. The Morgan fingerprint density at radius 1 is 0.808 bits per heavy atom. The lowest BCUT2D eigenvalue weighted by atomic mass is 10.1. The van der Waals surface area contributed by atoms with Crippen molar-refractivity contribution < 1.29 is 29.2 Å². The van der Waals surface area contributed by atoms with Crippen LogP contribution in [0.2, 0.25) is 0 Å². The predicted molar refractivity (Wildman–Crippen MR) is 97.8 cm³/mol. The second-order valence-corrected chi connectivity index (χ2v) is 7.36. The van der Waals surface area contributed by atoms with E-state index in [4.69, 9.17) is 18.9 Å². The van der Waals surface area contributed by atoms with Crippen LogP contribution < -0.4 is 0 Å². The summed E-state index contributed by atoms with van der Waals surface area (Å²) in [4.78, 5) is 2.32. The Bertz CT molecular complexity index is 327. The fraction of sp³-hybridized carbons (Fsp3) is 1.00. The summed E-state index contributed by atoms with van der Waals surface area (Å²) in [6, 6.07) is 0. The summed E-state index contributed by atoms with van der Waals surface area (Å²) in [5.41, 5.74) is 0.